The van der Waals surface area contributed by atoms with E-state index in [9.17, 15) is 4.21 Å². The fourth-order valence-corrected chi connectivity index (χ4v) is 3.16. The van der Waals surface area contributed by atoms with E-state index in [2.05, 4.69) is 15.3 Å². The Morgan fingerprint density at radius 1 is 1.60 bits per heavy atom. The van der Waals surface area contributed by atoms with E-state index >= 15 is 0 Å². The predicted octanol–water partition coefficient (Wildman–Crippen LogP) is 0.908. The van der Waals surface area contributed by atoms with Gasteiger partial charge in [-0.25, -0.2) is 9.97 Å². The Kier molecular flexibility index (Phi) is 3.33. The minimum Gasteiger partial charge on any atom is -0.315 e. The zero-order chi connectivity index (χ0) is 10.8. The lowest BCUT2D eigenvalue weighted by Crippen LogP contribution is -2.20. The van der Waals surface area contributed by atoms with Crippen molar-refractivity contribution in [1.29, 1.82) is 0 Å². The maximum atomic E-state index is 12.0. The van der Waals surface area contributed by atoms with Crippen molar-refractivity contribution in [2.75, 3.05) is 13.1 Å². The van der Waals surface area contributed by atoms with E-state index in [4.69, 9.17) is 11.6 Å². The first-order valence-electron chi connectivity index (χ1n) is 4.79. The first-order chi connectivity index (χ1) is 7.16. The SMILES string of the molecule is Cc1cc(Cl)nc([S@@](=O)[C@@H]2CCNC2)n1. The van der Waals surface area contributed by atoms with Crippen LogP contribution in [0.15, 0.2) is 11.2 Å². The number of hydrogen-bond acceptors (Lipinski definition) is 4. The molecule has 0 amide bonds. The summed E-state index contributed by atoms with van der Waals surface area (Å²) in [6.07, 6.45) is 0.904. The summed E-state index contributed by atoms with van der Waals surface area (Å²) < 4.78 is 12.0. The summed E-state index contributed by atoms with van der Waals surface area (Å²) in [4.78, 5) is 8.16. The van der Waals surface area contributed by atoms with Crippen LogP contribution in [-0.2, 0) is 10.8 Å². The third-order valence-corrected chi connectivity index (χ3v) is 4.04. The van der Waals surface area contributed by atoms with E-state index in [-0.39, 0.29) is 5.25 Å². The molecule has 1 aliphatic rings. The van der Waals surface area contributed by atoms with Gasteiger partial charge in [-0.1, -0.05) is 11.6 Å². The molecule has 2 atom stereocenters. The smallest absolute Gasteiger partial charge is 0.220 e. The third-order valence-electron chi connectivity index (χ3n) is 2.30. The minimum absolute atomic E-state index is 0.114. The summed E-state index contributed by atoms with van der Waals surface area (Å²) in [6.45, 7) is 3.50. The molecule has 2 heterocycles. The topological polar surface area (TPSA) is 54.9 Å². The van der Waals surface area contributed by atoms with Gasteiger partial charge < -0.3 is 5.32 Å². The first kappa shape index (κ1) is 11.0. The zero-order valence-corrected chi connectivity index (χ0v) is 9.94. The van der Waals surface area contributed by atoms with Crippen molar-refractivity contribution in [1.82, 2.24) is 15.3 Å². The molecule has 0 spiro atoms. The Labute approximate surface area is 95.9 Å². The van der Waals surface area contributed by atoms with Gasteiger partial charge in [-0.2, -0.15) is 0 Å². The molecule has 15 heavy (non-hydrogen) atoms. The molecule has 0 unspecified atom stereocenters. The van der Waals surface area contributed by atoms with Gasteiger partial charge in [0.15, 0.2) is 0 Å². The van der Waals surface area contributed by atoms with E-state index in [1.165, 1.54) is 0 Å². The fourth-order valence-electron chi connectivity index (χ4n) is 1.55. The summed E-state index contributed by atoms with van der Waals surface area (Å²) in [5, 5.41) is 4.00. The molecule has 0 radical (unpaired) electrons. The molecule has 1 fully saturated rings. The average molecular weight is 246 g/mol. The van der Waals surface area contributed by atoms with Gasteiger partial charge in [0.25, 0.3) is 0 Å². The molecular weight excluding hydrogens is 234 g/mol. The zero-order valence-electron chi connectivity index (χ0n) is 8.36. The van der Waals surface area contributed by atoms with Gasteiger partial charge in [-0.05, 0) is 26.0 Å². The highest BCUT2D eigenvalue weighted by atomic mass is 35.5. The molecule has 2 rings (SSSR count). The van der Waals surface area contributed by atoms with E-state index in [1.807, 2.05) is 6.92 Å². The predicted molar refractivity (Wildman–Crippen MR) is 59.5 cm³/mol. The standard InChI is InChI=1S/C9H12ClN3OS/c1-6-4-8(10)13-9(12-6)15(14)7-2-3-11-5-7/h4,7,11H,2-3,5H2,1H3/t7-,15+/m1/s1. The maximum Gasteiger partial charge on any atom is 0.220 e. The van der Waals surface area contributed by atoms with Crippen LogP contribution in [0.25, 0.3) is 0 Å². The maximum absolute atomic E-state index is 12.0. The van der Waals surface area contributed by atoms with Crippen LogP contribution in [0.5, 0.6) is 0 Å². The lowest BCUT2D eigenvalue weighted by atomic mass is 10.4. The second kappa shape index (κ2) is 4.55. The highest BCUT2D eigenvalue weighted by Gasteiger charge is 2.24. The van der Waals surface area contributed by atoms with Crippen LogP contribution in [0.2, 0.25) is 5.15 Å². The highest BCUT2D eigenvalue weighted by molar-refractivity contribution is 7.85. The van der Waals surface area contributed by atoms with Crippen LogP contribution in [0.4, 0.5) is 0 Å². The Balaban J connectivity index is 2.24. The second-order valence-electron chi connectivity index (χ2n) is 3.53. The van der Waals surface area contributed by atoms with Crippen molar-refractivity contribution in [2.24, 2.45) is 0 Å². The molecule has 1 saturated heterocycles. The number of aromatic nitrogens is 2. The summed E-state index contributed by atoms with van der Waals surface area (Å²) in [5.74, 6) is 0. The Morgan fingerprint density at radius 3 is 3.00 bits per heavy atom. The van der Waals surface area contributed by atoms with Gasteiger partial charge in [0.2, 0.25) is 5.16 Å². The molecule has 82 valence electrons. The summed E-state index contributed by atoms with van der Waals surface area (Å²) in [6, 6.07) is 1.66. The van der Waals surface area contributed by atoms with Crippen molar-refractivity contribution < 1.29 is 4.21 Å². The van der Waals surface area contributed by atoms with E-state index in [0.717, 1.165) is 25.2 Å². The highest BCUT2D eigenvalue weighted by Crippen LogP contribution is 2.15. The van der Waals surface area contributed by atoms with Crippen LogP contribution in [0.3, 0.4) is 0 Å². The fraction of sp³-hybridized carbons (Fsp3) is 0.556. The number of nitrogens with zero attached hydrogens (tertiary/aromatic N) is 2. The molecule has 4 nitrogen and oxygen atoms in total. The van der Waals surface area contributed by atoms with E-state index in [1.54, 1.807) is 6.07 Å². The normalized spacial score (nSPS) is 22.9. The number of aryl methyl sites for hydroxylation is 1. The minimum atomic E-state index is -1.15. The monoisotopic (exact) mass is 245 g/mol. The molecule has 0 saturated carbocycles. The van der Waals surface area contributed by atoms with Gasteiger partial charge in [-0.3, -0.25) is 4.21 Å². The van der Waals surface area contributed by atoms with Crippen LogP contribution >= 0.6 is 11.6 Å². The van der Waals surface area contributed by atoms with Crippen LogP contribution in [0, 0.1) is 6.92 Å². The van der Waals surface area contributed by atoms with E-state index < -0.39 is 10.8 Å². The largest absolute Gasteiger partial charge is 0.315 e. The van der Waals surface area contributed by atoms with Gasteiger partial charge >= 0.3 is 0 Å². The average Bonchev–Trinajstić information content (AvgIpc) is 2.67. The van der Waals surface area contributed by atoms with Gasteiger partial charge in [0.1, 0.15) is 5.15 Å². The molecule has 0 aromatic carbocycles. The third kappa shape index (κ3) is 2.53. The number of nitrogens with one attached hydrogen (secondary N) is 1. The van der Waals surface area contributed by atoms with Crippen molar-refractivity contribution in [2.45, 2.75) is 23.8 Å². The van der Waals surface area contributed by atoms with Crippen molar-refractivity contribution in [3.05, 3.63) is 16.9 Å². The molecule has 0 bridgehead atoms. The Morgan fingerprint density at radius 2 is 2.40 bits per heavy atom. The van der Waals surface area contributed by atoms with E-state index in [0.29, 0.717) is 10.3 Å². The number of halogens is 1. The Bertz CT molecular complexity index is 373. The second-order valence-corrected chi connectivity index (χ2v) is 5.54. The molecular formula is C9H12ClN3OS. The summed E-state index contributed by atoms with van der Waals surface area (Å²) in [7, 11) is -1.15. The quantitative estimate of drug-likeness (QED) is 0.622. The van der Waals surface area contributed by atoms with Crippen molar-refractivity contribution in [3.8, 4) is 0 Å². The van der Waals surface area contributed by atoms with Crippen molar-refractivity contribution >= 4 is 22.4 Å². The lowest BCUT2D eigenvalue weighted by molar-refractivity contribution is 0.663. The molecule has 1 aromatic rings. The number of hydrogen-bond donors (Lipinski definition) is 1. The molecule has 6 heteroatoms. The lowest BCUT2D eigenvalue weighted by Gasteiger charge is -2.07. The Hall–Kier alpha value is -0.520. The van der Waals surface area contributed by atoms with Gasteiger partial charge in [-0.15, -0.1) is 0 Å². The molecule has 1 aromatic heterocycles. The number of rotatable bonds is 2. The van der Waals surface area contributed by atoms with Gasteiger partial charge in [0.05, 0.1) is 16.0 Å². The van der Waals surface area contributed by atoms with Gasteiger partial charge in [0, 0.05) is 12.2 Å². The first-order valence-corrected chi connectivity index (χ1v) is 6.38. The summed E-state index contributed by atoms with van der Waals surface area (Å²) >= 11 is 5.80. The molecule has 1 aliphatic heterocycles. The van der Waals surface area contributed by atoms with Crippen molar-refractivity contribution in [3.63, 3.8) is 0 Å². The summed E-state index contributed by atoms with van der Waals surface area (Å²) in [5.41, 5.74) is 0.754. The van der Waals surface area contributed by atoms with Crippen LogP contribution in [-0.4, -0.2) is 32.5 Å². The van der Waals surface area contributed by atoms with Crippen LogP contribution < -0.4 is 5.32 Å². The van der Waals surface area contributed by atoms with Crippen LogP contribution in [0.1, 0.15) is 12.1 Å². The molecule has 0 aliphatic carbocycles. The molecule has 1 N–H and O–H groups in total.